The number of nitrogens with one attached hydrogen (secondary N) is 2. The van der Waals surface area contributed by atoms with Crippen LogP contribution < -0.4 is 10.6 Å². The van der Waals surface area contributed by atoms with Gasteiger partial charge in [0.15, 0.2) is 0 Å². The van der Waals surface area contributed by atoms with Crippen molar-refractivity contribution < 1.29 is 9.72 Å². The van der Waals surface area contributed by atoms with Gasteiger partial charge in [0.2, 0.25) is 3.79 Å². The molecular formula is C18H15Cl3N4O3S. The zero-order chi connectivity index (χ0) is 21.2. The molecule has 0 saturated carbocycles. The number of anilines is 1. The van der Waals surface area contributed by atoms with Gasteiger partial charge >= 0.3 is 0 Å². The molecule has 1 amide bonds. The van der Waals surface area contributed by atoms with Crippen molar-refractivity contribution in [2.75, 3.05) is 5.32 Å². The number of rotatable bonds is 5. The third-order valence-corrected chi connectivity index (χ3v) is 6.38. The van der Waals surface area contributed by atoms with Crippen molar-refractivity contribution in [2.45, 2.75) is 35.6 Å². The molecule has 2 N–H and O–H groups in total. The van der Waals surface area contributed by atoms with Crippen LogP contribution in [0.5, 0.6) is 0 Å². The second kappa shape index (κ2) is 8.76. The summed E-state index contributed by atoms with van der Waals surface area (Å²) in [5.74, 6) is -0.777. The molecule has 2 aromatic rings. The molecule has 1 aromatic heterocycles. The van der Waals surface area contributed by atoms with E-state index < -0.39 is 20.8 Å². The fourth-order valence-corrected chi connectivity index (χ4v) is 4.75. The Bertz CT molecular complexity index is 997. The third kappa shape index (κ3) is 4.75. The monoisotopic (exact) mass is 472 g/mol. The number of hydrogen-bond acceptors (Lipinski definition) is 6. The Hall–Kier alpha value is -2.05. The largest absolute Gasteiger partial charge is 0.352 e. The lowest BCUT2D eigenvalue weighted by atomic mass is 9.96. The summed E-state index contributed by atoms with van der Waals surface area (Å²) in [5, 5.41) is 26.7. The molecule has 1 heterocycles. The zero-order valence-electron chi connectivity index (χ0n) is 14.9. The van der Waals surface area contributed by atoms with Crippen LogP contribution in [0.25, 0.3) is 0 Å². The van der Waals surface area contributed by atoms with E-state index in [1.807, 2.05) is 0 Å². The van der Waals surface area contributed by atoms with Crippen LogP contribution in [-0.2, 0) is 12.8 Å². The molecule has 152 valence electrons. The van der Waals surface area contributed by atoms with E-state index in [0.29, 0.717) is 10.6 Å². The Kier molecular flexibility index (Phi) is 6.54. The van der Waals surface area contributed by atoms with E-state index in [0.717, 1.165) is 36.1 Å². The predicted octanol–water partition coefficient (Wildman–Crippen LogP) is 4.94. The van der Waals surface area contributed by atoms with Crippen molar-refractivity contribution in [1.29, 1.82) is 5.26 Å². The number of nitriles is 1. The first kappa shape index (κ1) is 21.7. The molecule has 0 saturated heterocycles. The molecular weight excluding hydrogens is 459 g/mol. The first-order valence-corrected chi connectivity index (χ1v) is 10.6. The van der Waals surface area contributed by atoms with Crippen LogP contribution in [0.15, 0.2) is 24.3 Å². The second-order valence-corrected chi connectivity index (χ2v) is 9.87. The Morgan fingerprint density at radius 2 is 1.97 bits per heavy atom. The molecule has 29 heavy (non-hydrogen) atoms. The van der Waals surface area contributed by atoms with Crippen molar-refractivity contribution in [3.8, 4) is 6.07 Å². The van der Waals surface area contributed by atoms with Crippen molar-refractivity contribution in [2.24, 2.45) is 0 Å². The van der Waals surface area contributed by atoms with Gasteiger partial charge in [-0.15, -0.1) is 11.3 Å². The summed E-state index contributed by atoms with van der Waals surface area (Å²) in [6.07, 6.45) is 2.50. The maximum atomic E-state index is 12.7. The lowest BCUT2D eigenvalue weighted by Crippen LogP contribution is -2.49. The Balaban J connectivity index is 1.89. The number of hydrogen-bond donors (Lipinski definition) is 2. The number of thiophene rings is 1. The normalized spacial score (nSPS) is 14.4. The van der Waals surface area contributed by atoms with Crippen LogP contribution in [0.1, 0.15) is 39.2 Å². The van der Waals surface area contributed by atoms with Crippen LogP contribution in [0.4, 0.5) is 10.7 Å². The van der Waals surface area contributed by atoms with E-state index in [2.05, 4.69) is 16.7 Å². The maximum absolute atomic E-state index is 12.7. The molecule has 3 rings (SSSR count). The minimum atomic E-state index is -1.98. The zero-order valence-corrected chi connectivity index (χ0v) is 18.0. The van der Waals surface area contributed by atoms with Gasteiger partial charge in [-0.05, 0) is 37.3 Å². The van der Waals surface area contributed by atoms with Gasteiger partial charge < -0.3 is 10.6 Å². The average molecular weight is 474 g/mol. The van der Waals surface area contributed by atoms with Crippen LogP contribution in [0, 0.1) is 21.4 Å². The number of para-hydroxylation sites is 1. The summed E-state index contributed by atoms with van der Waals surface area (Å²) in [6, 6.07) is 7.67. The summed E-state index contributed by atoms with van der Waals surface area (Å²) in [7, 11) is 0. The molecule has 1 unspecified atom stereocenters. The number of carbonyl (C=O) groups is 1. The third-order valence-electron chi connectivity index (χ3n) is 4.51. The van der Waals surface area contributed by atoms with Crippen molar-refractivity contribution in [3.05, 3.63) is 55.9 Å². The van der Waals surface area contributed by atoms with Gasteiger partial charge in [0.1, 0.15) is 22.8 Å². The Labute approximate surface area is 185 Å². The van der Waals surface area contributed by atoms with Crippen molar-refractivity contribution in [3.63, 3.8) is 0 Å². The fourth-order valence-electron chi connectivity index (χ4n) is 3.15. The molecule has 1 aliphatic rings. The minimum Gasteiger partial charge on any atom is -0.352 e. The number of halogens is 3. The number of nitrogens with zero attached hydrogens (tertiary/aromatic N) is 2. The van der Waals surface area contributed by atoms with Crippen molar-refractivity contribution in [1.82, 2.24) is 5.32 Å². The van der Waals surface area contributed by atoms with Crippen LogP contribution in [0.3, 0.4) is 0 Å². The molecule has 0 spiro atoms. The highest BCUT2D eigenvalue weighted by molar-refractivity contribution is 7.16. The van der Waals surface area contributed by atoms with Gasteiger partial charge in [-0.25, -0.2) is 0 Å². The van der Waals surface area contributed by atoms with Crippen molar-refractivity contribution >= 4 is 62.7 Å². The molecule has 0 fully saturated rings. The average Bonchev–Trinajstić information content (AvgIpc) is 3.03. The van der Waals surface area contributed by atoms with Crippen LogP contribution in [0.2, 0.25) is 0 Å². The number of benzene rings is 1. The number of aryl methyl sites for hydroxylation is 1. The summed E-state index contributed by atoms with van der Waals surface area (Å²) in [6.45, 7) is 0. The molecule has 1 aromatic carbocycles. The van der Waals surface area contributed by atoms with Gasteiger partial charge in [0.25, 0.3) is 11.6 Å². The number of carbonyl (C=O) groups excluding carboxylic acids is 1. The smallest absolute Gasteiger partial charge is 0.282 e. The quantitative estimate of drug-likeness (QED) is 0.276. The van der Waals surface area contributed by atoms with E-state index in [1.165, 1.54) is 35.6 Å². The minimum absolute atomic E-state index is 0.162. The number of alkyl halides is 3. The van der Waals surface area contributed by atoms with Gasteiger partial charge in [0, 0.05) is 10.9 Å². The number of fused-ring (bicyclic) bond motifs is 1. The van der Waals surface area contributed by atoms with E-state index in [1.54, 1.807) is 0 Å². The lowest BCUT2D eigenvalue weighted by molar-refractivity contribution is -0.385. The SMILES string of the molecule is N#Cc1c(NC(NC(=O)c2ccccc2[N+](=O)[O-])C(Cl)(Cl)Cl)sc2c1CCCC2. The standard InChI is InChI=1S/C18H15Cl3N4O3S/c19-18(20,21)17(23-15(26)11-6-1-3-7-13(11)25(27)28)24-16-12(9-22)10-5-2-4-8-14(10)29-16/h1,3,6-7,17,24H,2,4-5,8H2,(H,23,26). The number of amides is 1. The highest BCUT2D eigenvalue weighted by Crippen LogP contribution is 2.40. The van der Waals surface area contributed by atoms with E-state index in [4.69, 9.17) is 34.8 Å². The molecule has 0 aliphatic heterocycles. The topological polar surface area (TPSA) is 108 Å². The summed E-state index contributed by atoms with van der Waals surface area (Å²) >= 11 is 19.5. The summed E-state index contributed by atoms with van der Waals surface area (Å²) < 4.78 is -1.98. The lowest BCUT2D eigenvalue weighted by Gasteiger charge is -2.27. The van der Waals surface area contributed by atoms with E-state index >= 15 is 0 Å². The maximum Gasteiger partial charge on any atom is 0.282 e. The second-order valence-electron chi connectivity index (χ2n) is 6.39. The highest BCUT2D eigenvalue weighted by atomic mass is 35.6. The van der Waals surface area contributed by atoms with E-state index in [9.17, 15) is 20.2 Å². The van der Waals surface area contributed by atoms with Gasteiger partial charge in [-0.3, -0.25) is 14.9 Å². The van der Waals surface area contributed by atoms with E-state index in [-0.39, 0.29) is 11.3 Å². The first-order chi connectivity index (χ1) is 13.7. The first-order valence-electron chi connectivity index (χ1n) is 8.64. The van der Waals surface area contributed by atoms with Gasteiger partial charge in [-0.2, -0.15) is 5.26 Å². The molecule has 0 bridgehead atoms. The van der Waals surface area contributed by atoms with Crippen LogP contribution >= 0.6 is 46.1 Å². The van der Waals surface area contributed by atoms with Crippen LogP contribution in [-0.4, -0.2) is 20.8 Å². The Morgan fingerprint density at radius 1 is 1.28 bits per heavy atom. The number of nitro benzene ring substituents is 1. The molecule has 11 heteroatoms. The van der Waals surface area contributed by atoms with Gasteiger partial charge in [-0.1, -0.05) is 46.9 Å². The molecule has 1 aliphatic carbocycles. The summed E-state index contributed by atoms with van der Waals surface area (Å²) in [4.78, 5) is 24.3. The molecule has 1 atom stereocenters. The highest BCUT2D eigenvalue weighted by Gasteiger charge is 2.36. The number of nitro groups is 1. The molecule has 0 radical (unpaired) electrons. The predicted molar refractivity (Wildman–Crippen MR) is 114 cm³/mol. The summed E-state index contributed by atoms with van der Waals surface area (Å²) in [5.41, 5.74) is 0.935. The molecule has 7 nitrogen and oxygen atoms in total. The van der Waals surface area contributed by atoms with Gasteiger partial charge in [0.05, 0.1) is 10.5 Å². The fraction of sp³-hybridized carbons (Fsp3) is 0.333. The Morgan fingerprint density at radius 3 is 2.62 bits per heavy atom.